The van der Waals surface area contributed by atoms with Gasteiger partial charge in [0.1, 0.15) is 5.75 Å². The quantitative estimate of drug-likeness (QED) is 0.328. The van der Waals surface area contributed by atoms with Crippen LogP contribution in [0.5, 0.6) is 23.1 Å². The van der Waals surface area contributed by atoms with Crippen molar-refractivity contribution in [3.8, 4) is 23.1 Å². The Labute approximate surface area is 225 Å². The summed E-state index contributed by atoms with van der Waals surface area (Å²) in [5, 5.41) is 13.5. The number of aromatic carboxylic acids is 1. The number of carbonyl (C=O) groups is 1. The molecule has 1 fully saturated rings. The van der Waals surface area contributed by atoms with Crippen molar-refractivity contribution in [2.75, 3.05) is 32.1 Å². The van der Waals surface area contributed by atoms with Crippen LogP contribution in [0.3, 0.4) is 0 Å². The molecular formula is C26H28Cl2N4O5. The van der Waals surface area contributed by atoms with Gasteiger partial charge in [0, 0.05) is 36.8 Å². The van der Waals surface area contributed by atoms with Crippen LogP contribution in [0, 0.1) is 0 Å². The molecule has 37 heavy (non-hydrogen) atoms. The highest BCUT2D eigenvalue weighted by atomic mass is 35.5. The molecule has 3 aromatic rings. The lowest BCUT2D eigenvalue weighted by Gasteiger charge is -2.32. The topological polar surface area (TPSA) is 106 Å². The van der Waals surface area contributed by atoms with Crippen LogP contribution in [0.4, 0.5) is 5.95 Å². The number of methoxy groups -OCH3 is 1. The lowest BCUT2D eigenvalue weighted by Crippen LogP contribution is -2.39. The first-order chi connectivity index (χ1) is 17.8. The van der Waals surface area contributed by atoms with Crippen molar-refractivity contribution in [2.24, 2.45) is 0 Å². The summed E-state index contributed by atoms with van der Waals surface area (Å²) in [7, 11) is 1.63. The van der Waals surface area contributed by atoms with Gasteiger partial charge in [-0.25, -0.2) is 9.78 Å². The van der Waals surface area contributed by atoms with Crippen LogP contribution in [0.1, 0.15) is 35.8 Å². The van der Waals surface area contributed by atoms with Gasteiger partial charge in [0.05, 0.1) is 18.7 Å². The first-order valence-corrected chi connectivity index (χ1v) is 12.6. The fourth-order valence-electron chi connectivity index (χ4n) is 4.09. The number of hydrogen-bond acceptors (Lipinski definition) is 8. The number of rotatable bonds is 10. The predicted octanol–water partition coefficient (Wildman–Crippen LogP) is 5.76. The molecular weight excluding hydrogens is 519 g/mol. The number of benzene rings is 2. The summed E-state index contributed by atoms with van der Waals surface area (Å²) >= 11 is 12.1. The molecule has 1 aromatic heterocycles. The van der Waals surface area contributed by atoms with E-state index in [-0.39, 0.29) is 28.6 Å². The number of carboxylic acids is 1. The maximum atomic E-state index is 11.6. The number of anilines is 1. The number of aromatic nitrogens is 2. The molecule has 0 saturated carbocycles. The molecule has 1 aliphatic heterocycles. The molecule has 0 atom stereocenters. The van der Waals surface area contributed by atoms with Gasteiger partial charge in [-0.1, -0.05) is 29.3 Å². The summed E-state index contributed by atoms with van der Waals surface area (Å²) in [5.74, 6) is 0.854. The highest BCUT2D eigenvalue weighted by Crippen LogP contribution is 2.32. The molecule has 0 unspecified atom stereocenters. The second-order valence-corrected chi connectivity index (χ2v) is 9.35. The van der Waals surface area contributed by atoms with E-state index in [2.05, 4.69) is 20.2 Å². The van der Waals surface area contributed by atoms with Crippen LogP contribution < -0.4 is 19.5 Å². The summed E-state index contributed by atoms with van der Waals surface area (Å²) in [6.07, 6.45) is 1.68. The lowest BCUT2D eigenvalue weighted by molar-refractivity contribution is 0.0690. The van der Waals surface area contributed by atoms with E-state index in [1.54, 1.807) is 19.2 Å². The van der Waals surface area contributed by atoms with Crippen LogP contribution in [0.25, 0.3) is 0 Å². The zero-order valence-electron chi connectivity index (χ0n) is 20.5. The van der Waals surface area contributed by atoms with Crippen molar-refractivity contribution in [3.63, 3.8) is 0 Å². The van der Waals surface area contributed by atoms with Crippen LogP contribution in [-0.2, 0) is 6.54 Å². The van der Waals surface area contributed by atoms with Crippen molar-refractivity contribution in [3.05, 3.63) is 63.8 Å². The Morgan fingerprint density at radius 1 is 1.08 bits per heavy atom. The number of halogens is 2. The Morgan fingerprint density at radius 2 is 1.84 bits per heavy atom. The standard InChI is InChI=1S/C26H28Cl2N4O5/c1-3-36-23-12-16(4-6-22(23)35-2)15-32-10-8-18(9-11-32)29-26-30-20(25(33)34)14-24(31-26)37-21-7-5-17(27)13-19(21)28/h4-7,12-14,18H,3,8-11,15H2,1-2H3,(H,33,34)(H,29,30,31). The maximum absolute atomic E-state index is 11.6. The van der Waals surface area contributed by atoms with Crippen molar-refractivity contribution in [1.82, 2.24) is 14.9 Å². The van der Waals surface area contributed by atoms with E-state index in [9.17, 15) is 9.90 Å². The summed E-state index contributed by atoms with van der Waals surface area (Å²) in [6.45, 7) is 5.02. The van der Waals surface area contributed by atoms with Crippen LogP contribution in [0.2, 0.25) is 10.0 Å². The van der Waals surface area contributed by atoms with E-state index >= 15 is 0 Å². The largest absolute Gasteiger partial charge is 0.493 e. The van der Waals surface area contributed by atoms with Gasteiger partial charge in [-0.2, -0.15) is 4.98 Å². The third kappa shape index (κ3) is 7.15. The first kappa shape index (κ1) is 26.8. The van der Waals surface area contributed by atoms with E-state index in [0.29, 0.717) is 17.4 Å². The van der Waals surface area contributed by atoms with Gasteiger partial charge in [0.25, 0.3) is 0 Å². The molecule has 0 amide bonds. The smallest absolute Gasteiger partial charge is 0.354 e. The minimum Gasteiger partial charge on any atom is -0.493 e. The Morgan fingerprint density at radius 3 is 2.51 bits per heavy atom. The van der Waals surface area contributed by atoms with E-state index in [0.717, 1.165) is 49.5 Å². The molecule has 2 N–H and O–H groups in total. The van der Waals surface area contributed by atoms with E-state index in [1.165, 1.54) is 12.1 Å². The van der Waals surface area contributed by atoms with Gasteiger partial charge in [-0.05, 0) is 55.7 Å². The predicted molar refractivity (Wildman–Crippen MR) is 142 cm³/mol. The summed E-state index contributed by atoms with van der Waals surface area (Å²) in [4.78, 5) is 22.5. The molecule has 196 valence electrons. The Bertz CT molecular complexity index is 1250. The second kappa shape index (κ2) is 12.3. The Balaban J connectivity index is 1.39. The monoisotopic (exact) mass is 546 g/mol. The molecule has 11 heteroatoms. The van der Waals surface area contributed by atoms with Crippen molar-refractivity contribution in [2.45, 2.75) is 32.4 Å². The highest BCUT2D eigenvalue weighted by molar-refractivity contribution is 6.35. The summed E-state index contributed by atoms with van der Waals surface area (Å²) < 4.78 is 16.8. The van der Waals surface area contributed by atoms with E-state index in [4.69, 9.17) is 37.4 Å². The molecule has 4 rings (SSSR count). The molecule has 0 aliphatic carbocycles. The van der Waals surface area contributed by atoms with Gasteiger partial charge in [-0.15, -0.1) is 0 Å². The van der Waals surface area contributed by atoms with Crippen LogP contribution in [0.15, 0.2) is 42.5 Å². The molecule has 2 aromatic carbocycles. The average molecular weight is 547 g/mol. The third-order valence-electron chi connectivity index (χ3n) is 5.89. The lowest BCUT2D eigenvalue weighted by atomic mass is 10.0. The minimum atomic E-state index is -1.18. The van der Waals surface area contributed by atoms with Gasteiger partial charge >= 0.3 is 5.97 Å². The number of likely N-dealkylation sites (tertiary alicyclic amines) is 1. The second-order valence-electron chi connectivity index (χ2n) is 8.51. The SMILES string of the molecule is CCOc1cc(CN2CCC(Nc3nc(Oc4ccc(Cl)cc4Cl)cc(C(=O)O)n3)CC2)ccc1OC. The maximum Gasteiger partial charge on any atom is 0.354 e. The number of carboxylic acid groups (broad SMARTS) is 1. The summed E-state index contributed by atoms with van der Waals surface area (Å²) in [6, 6.07) is 12.1. The van der Waals surface area contributed by atoms with E-state index < -0.39 is 5.97 Å². The number of nitrogens with zero attached hydrogens (tertiary/aromatic N) is 3. The minimum absolute atomic E-state index is 0.0705. The fraction of sp³-hybridized carbons (Fsp3) is 0.346. The average Bonchev–Trinajstić information content (AvgIpc) is 2.87. The molecule has 0 bridgehead atoms. The molecule has 0 spiro atoms. The molecule has 1 saturated heterocycles. The van der Waals surface area contributed by atoms with Crippen molar-refractivity contribution < 1.29 is 24.1 Å². The summed E-state index contributed by atoms with van der Waals surface area (Å²) in [5.41, 5.74) is 0.968. The van der Waals surface area contributed by atoms with Crippen molar-refractivity contribution >= 4 is 35.1 Å². The van der Waals surface area contributed by atoms with Gasteiger partial charge in [-0.3, -0.25) is 4.90 Å². The fourth-order valence-corrected chi connectivity index (χ4v) is 4.53. The zero-order chi connectivity index (χ0) is 26.4. The normalized spacial score (nSPS) is 14.3. The zero-order valence-corrected chi connectivity index (χ0v) is 22.1. The highest BCUT2D eigenvalue weighted by Gasteiger charge is 2.22. The molecule has 2 heterocycles. The van der Waals surface area contributed by atoms with E-state index in [1.807, 2.05) is 25.1 Å². The van der Waals surface area contributed by atoms with Crippen molar-refractivity contribution in [1.29, 1.82) is 0 Å². The Kier molecular flexibility index (Phi) is 8.91. The number of nitrogens with one attached hydrogen (secondary N) is 1. The number of ether oxygens (including phenoxy) is 3. The molecule has 0 radical (unpaired) electrons. The first-order valence-electron chi connectivity index (χ1n) is 11.9. The Hall–Kier alpha value is -3.27. The van der Waals surface area contributed by atoms with Gasteiger partial charge < -0.3 is 24.6 Å². The third-order valence-corrected chi connectivity index (χ3v) is 6.42. The van der Waals surface area contributed by atoms with Gasteiger partial charge in [0.15, 0.2) is 17.2 Å². The molecule has 9 nitrogen and oxygen atoms in total. The number of piperidine rings is 1. The molecule has 1 aliphatic rings. The van der Waals surface area contributed by atoms with Crippen LogP contribution in [-0.4, -0.2) is 58.8 Å². The van der Waals surface area contributed by atoms with Crippen LogP contribution >= 0.6 is 23.2 Å². The number of hydrogen-bond donors (Lipinski definition) is 2. The van der Waals surface area contributed by atoms with Gasteiger partial charge in [0.2, 0.25) is 11.8 Å².